The Bertz CT molecular complexity index is 1230. The maximum Gasteiger partial charge on any atom is 0.522 e. The summed E-state index contributed by atoms with van der Waals surface area (Å²) in [6.45, 7) is 7.18. The van der Waals surface area contributed by atoms with Gasteiger partial charge in [-0.1, -0.05) is 37.6 Å². The minimum atomic E-state index is -5.84. The average molecular weight is 572 g/mol. The van der Waals surface area contributed by atoms with Gasteiger partial charge in [-0.2, -0.15) is 21.6 Å². The molecule has 1 aromatic rings. The molecule has 7 nitrogen and oxygen atoms in total. The number of carbonyl (C=O) groups excluding carboxylic acids is 1. The Kier molecular flexibility index (Phi) is 8.25. The largest absolute Gasteiger partial charge is 0.522 e. The lowest BCUT2D eigenvalue weighted by Gasteiger charge is -2.57. The van der Waals surface area contributed by atoms with Gasteiger partial charge in [0.15, 0.2) is 0 Å². The van der Waals surface area contributed by atoms with Crippen LogP contribution in [0.15, 0.2) is 42.3 Å². The predicted molar refractivity (Wildman–Crippen MR) is 139 cm³/mol. The van der Waals surface area contributed by atoms with Crippen LogP contribution >= 0.6 is 0 Å². The van der Waals surface area contributed by atoms with Crippen LogP contribution in [0.3, 0.4) is 0 Å². The lowest BCUT2D eigenvalue weighted by Crippen LogP contribution is -2.50. The van der Waals surface area contributed by atoms with Crippen LogP contribution in [0.2, 0.25) is 0 Å². The summed E-state index contributed by atoms with van der Waals surface area (Å²) in [7, 11) is -5.84. The molecular formula is C28H36F3NO6S. The third-order valence-corrected chi connectivity index (χ3v) is 10.0. The molecule has 6 atom stereocenters. The molecule has 0 aromatic carbocycles. The standard InChI is InChI=1S/C27H35NO3.CHF3O3S/c1-4-30-25(29)31-20-11-13-26(2)19(16-20)7-8-21-23-10-9-22(18-6-5-15-28-17-18)27(23,3)14-12-24(21)26;2-1(3,4)8(5,6)7/h5-7,9,15,17,20-21,23-24H,4,8,10-14,16H2,1-3H3;(H,5,6,7)/t20?,21?,23?,24?,26-,27+;/m0./s1. The molecule has 1 aromatic heterocycles. The maximum absolute atomic E-state index is 11.8. The van der Waals surface area contributed by atoms with Crippen LogP contribution in [0.5, 0.6) is 0 Å². The van der Waals surface area contributed by atoms with Crippen molar-refractivity contribution in [3.8, 4) is 0 Å². The number of aromatic nitrogens is 1. The van der Waals surface area contributed by atoms with Crippen molar-refractivity contribution >= 4 is 21.8 Å². The van der Waals surface area contributed by atoms with Crippen molar-refractivity contribution in [3.63, 3.8) is 0 Å². The Morgan fingerprint density at radius 3 is 2.44 bits per heavy atom. The number of hydrogen-bond acceptors (Lipinski definition) is 6. The second-order valence-electron chi connectivity index (χ2n) is 11.4. The van der Waals surface area contributed by atoms with Crippen LogP contribution < -0.4 is 0 Å². The smallest absolute Gasteiger partial charge is 0.435 e. The van der Waals surface area contributed by atoms with E-state index in [9.17, 15) is 18.0 Å². The first-order valence-electron chi connectivity index (χ1n) is 13.4. The molecule has 4 unspecified atom stereocenters. The molecule has 11 heteroatoms. The predicted octanol–water partition coefficient (Wildman–Crippen LogP) is 6.97. The lowest BCUT2D eigenvalue weighted by atomic mass is 9.47. The SMILES string of the molecule is CCOC(=O)OC1CC[C@@]2(C)C(=CCC3C2CC[C@]2(C)C(c4cccnc4)=CCC32)C1.O=S(=O)(O)C(F)(F)F. The average Bonchev–Trinajstić information content (AvgIpc) is 3.21. The number of alkyl halides is 3. The third-order valence-electron chi connectivity index (χ3n) is 9.43. The fraction of sp³-hybridized carbons (Fsp3) is 0.643. The molecule has 0 spiro atoms. The molecule has 5 rings (SSSR count). The van der Waals surface area contributed by atoms with Crippen LogP contribution in [0, 0.1) is 28.6 Å². The van der Waals surface area contributed by atoms with E-state index >= 15 is 0 Å². The number of rotatable bonds is 3. The second-order valence-corrected chi connectivity index (χ2v) is 12.8. The van der Waals surface area contributed by atoms with Gasteiger partial charge >= 0.3 is 21.8 Å². The highest BCUT2D eigenvalue weighted by Crippen LogP contribution is 2.66. The third kappa shape index (κ3) is 5.75. The minimum absolute atomic E-state index is 0.0332. The number of ether oxygens (including phenoxy) is 2. The molecule has 4 aliphatic carbocycles. The summed E-state index contributed by atoms with van der Waals surface area (Å²) in [5.74, 6) is 2.18. The summed E-state index contributed by atoms with van der Waals surface area (Å²) < 4.78 is 68.1. The fourth-order valence-electron chi connectivity index (χ4n) is 7.55. The van der Waals surface area contributed by atoms with E-state index in [-0.39, 0.29) is 16.9 Å². The summed E-state index contributed by atoms with van der Waals surface area (Å²) in [6, 6.07) is 4.29. The second kappa shape index (κ2) is 10.9. The Morgan fingerprint density at radius 2 is 1.82 bits per heavy atom. The molecule has 1 N–H and O–H groups in total. The zero-order chi connectivity index (χ0) is 28.6. The van der Waals surface area contributed by atoms with E-state index < -0.39 is 21.8 Å². The quantitative estimate of drug-likeness (QED) is 0.181. The van der Waals surface area contributed by atoms with E-state index in [4.69, 9.17) is 22.4 Å². The molecule has 39 heavy (non-hydrogen) atoms. The number of halogens is 3. The van der Waals surface area contributed by atoms with Crippen molar-refractivity contribution in [2.24, 2.45) is 28.6 Å². The lowest BCUT2D eigenvalue weighted by molar-refractivity contribution is -0.0510. The van der Waals surface area contributed by atoms with Crippen LogP contribution in [0.25, 0.3) is 5.57 Å². The van der Waals surface area contributed by atoms with Gasteiger partial charge in [-0.15, -0.1) is 0 Å². The minimum Gasteiger partial charge on any atom is -0.435 e. The van der Waals surface area contributed by atoms with E-state index in [0.717, 1.165) is 37.5 Å². The Hall–Kier alpha value is -2.40. The summed E-state index contributed by atoms with van der Waals surface area (Å²) in [5, 5.41) is 0. The van der Waals surface area contributed by atoms with Gasteiger partial charge in [-0.05, 0) is 91.2 Å². The molecule has 0 aliphatic heterocycles. The summed E-state index contributed by atoms with van der Waals surface area (Å²) in [6.07, 6.45) is 16.2. The summed E-state index contributed by atoms with van der Waals surface area (Å²) in [5.41, 5.74) is -0.674. The number of pyridine rings is 1. The fourth-order valence-corrected chi connectivity index (χ4v) is 7.55. The van der Waals surface area contributed by atoms with Gasteiger partial charge in [-0.25, -0.2) is 4.79 Å². The number of carbonyl (C=O) groups is 1. The monoisotopic (exact) mass is 571 g/mol. The van der Waals surface area contributed by atoms with Crippen molar-refractivity contribution in [1.29, 1.82) is 0 Å². The number of hydrogen-bond donors (Lipinski definition) is 1. The maximum atomic E-state index is 11.8. The Morgan fingerprint density at radius 1 is 1.13 bits per heavy atom. The van der Waals surface area contributed by atoms with Gasteiger partial charge in [0.05, 0.1) is 6.61 Å². The molecule has 0 radical (unpaired) electrons. The van der Waals surface area contributed by atoms with Crippen molar-refractivity contribution in [2.45, 2.75) is 77.3 Å². The van der Waals surface area contributed by atoms with Crippen molar-refractivity contribution in [3.05, 3.63) is 47.8 Å². The Labute approximate surface area is 227 Å². The topological polar surface area (TPSA) is 103 Å². The zero-order valence-electron chi connectivity index (χ0n) is 22.4. The van der Waals surface area contributed by atoms with Crippen LogP contribution in [0.4, 0.5) is 18.0 Å². The highest BCUT2D eigenvalue weighted by atomic mass is 32.2. The van der Waals surface area contributed by atoms with Gasteiger partial charge in [0.2, 0.25) is 0 Å². The first-order valence-corrected chi connectivity index (χ1v) is 14.8. The molecule has 0 amide bonds. The van der Waals surface area contributed by atoms with Crippen molar-refractivity contribution < 1.29 is 40.4 Å². The molecule has 4 aliphatic rings. The molecule has 0 saturated heterocycles. The molecule has 0 bridgehead atoms. The van der Waals surface area contributed by atoms with Crippen LogP contribution in [0.1, 0.15) is 71.3 Å². The number of nitrogens with zero attached hydrogens (tertiary/aromatic N) is 1. The normalized spacial score (nSPS) is 33.7. The summed E-state index contributed by atoms with van der Waals surface area (Å²) >= 11 is 0. The zero-order valence-corrected chi connectivity index (χ0v) is 23.2. The van der Waals surface area contributed by atoms with Gasteiger partial charge in [-0.3, -0.25) is 9.54 Å². The first-order chi connectivity index (χ1) is 18.2. The van der Waals surface area contributed by atoms with Crippen molar-refractivity contribution in [2.75, 3.05) is 6.61 Å². The van der Waals surface area contributed by atoms with E-state index in [2.05, 4.69) is 43.1 Å². The van der Waals surface area contributed by atoms with E-state index in [1.54, 1.807) is 0 Å². The molecule has 2 saturated carbocycles. The van der Waals surface area contributed by atoms with Gasteiger partial charge < -0.3 is 9.47 Å². The number of fused-ring (bicyclic) bond motifs is 5. The van der Waals surface area contributed by atoms with Gasteiger partial charge in [0.1, 0.15) is 6.10 Å². The molecule has 1 heterocycles. The highest BCUT2D eigenvalue weighted by molar-refractivity contribution is 7.86. The molecule has 2 fully saturated rings. The van der Waals surface area contributed by atoms with Crippen LogP contribution in [-0.4, -0.2) is 42.3 Å². The Balaban J connectivity index is 0.000000386. The molecular weight excluding hydrogens is 535 g/mol. The van der Waals surface area contributed by atoms with E-state index in [1.807, 2.05) is 19.3 Å². The van der Waals surface area contributed by atoms with Gasteiger partial charge in [0.25, 0.3) is 0 Å². The van der Waals surface area contributed by atoms with Gasteiger partial charge in [0, 0.05) is 18.8 Å². The van der Waals surface area contributed by atoms with Crippen molar-refractivity contribution in [1.82, 2.24) is 4.98 Å². The molecule has 216 valence electrons. The van der Waals surface area contributed by atoms with E-state index in [0.29, 0.717) is 12.5 Å². The summed E-state index contributed by atoms with van der Waals surface area (Å²) in [4.78, 5) is 16.2. The van der Waals surface area contributed by atoms with E-state index in [1.165, 1.54) is 36.0 Å². The number of allylic oxidation sites excluding steroid dienone is 3. The highest BCUT2D eigenvalue weighted by Gasteiger charge is 2.57. The van der Waals surface area contributed by atoms with Crippen LogP contribution in [-0.2, 0) is 19.6 Å². The first kappa shape index (κ1) is 29.6.